The maximum atomic E-state index is 12.8. The summed E-state index contributed by atoms with van der Waals surface area (Å²) in [7, 11) is 0. The minimum absolute atomic E-state index is 0.0403. The van der Waals surface area contributed by atoms with Crippen LogP contribution < -0.4 is 5.73 Å². The van der Waals surface area contributed by atoms with Gasteiger partial charge in [-0.25, -0.2) is 4.79 Å². The van der Waals surface area contributed by atoms with Gasteiger partial charge < -0.3 is 15.0 Å². The summed E-state index contributed by atoms with van der Waals surface area (Å²) < 4.78 is 43.5. The quantitative estimate of drug-likeness (QED) is 0.236. The van der Waals surface area contributed by atoms with Crippen LogP contribution in [0.2, 0.25) is 0 Å². The molecule has 1 heterocycles. The zero-order valence-corrected chi connectivity index (χ0v) is 14.7. The lowest BCUT2D eigenvalue weighted by atomic mass is 10.1. The largest absolute Gasteiger partial charge is 0.441 e. The molecule has 2 N–H and O–H groups in total. The van der Waals surface area contributed by atoms with Crippen molar-refractivity contribution >= 4 is 11.8 Å². The molecular weight excluding hydrogens is 385 g/mol. The fraction of sp³-hybridized carbons (Fsp3) is 0.0476. The van der Waals surface area contributed by atoms with Crippen molar-refractivity contribution in [3.63, 3.8) is 0 Å². The van der Waals surface area contributed by atoms with Crippen LogP contribution in [0, 0.1) is 11.8 Å². The van der Waals surface area contributed by atoms with E-state index in [1.54, 1.807) is 0 Å². The first-order valence-electron chi connectivity index (χ1n) is 8.22. The first-order valence-corrected chi connectivity index (χ1v) is 8.22. The van der Waals surface area contributed by atoms with E-state index in [4.69, 9.17) is 10.2 Å². The van der Waals surface area contributed by atoms with Crippen LogP contribution in [-0.4, -0.2) is 11.8 Å². The van der Waals surface area contributed by atoms with Crippen LogP contribution in [0.1, 0.15) is 33.0 Å². The Hall–Kier alpha value is -3.99. The molecule has 146 valence electrons. The number of alkyl halides is 3. The standard InChI is InChI=1S/C21H13F3N2O3/c22-21(23,24)16-8-4-7-15(13-16)19(25)26-29-20(27)18-12-11-17(28-18)10-9-14-5-2-1-3-6-14/h1-8,11-13H,(H2,25,26). The number of nitrogens with zero attached hydrogens (tertiary/aromatic N) is 1. The average Bonchev–Trinajstić information content (AvgIpc) is 3.19. The third-order valence-corrected chi connectivity index (χ3v) is 3.62. The number of halogens is 3. The Kier molecular flexibility index (Phi) is 5.69. The average molecular weight is 398 g/mol. The zero-order valence-electron chi connectivity index (χ0n) is 14.7. The smallest absolute Gasteiger partial charge is 0.416 e. The normalized spacial score (nSPS) is 11.5. The van der Waals surface area contributed by atoms with Gasteiger partial charge in [-0.05, 0) is 42.3 Å². The lowest BCUT2D eigenvalue weighted by molar-refractivity contribution is -0.137. The fourth-order valence-electron chi connectivity index (χ4n) is 2.21. The molecule has 0 aliphatic rings. The van der Waals surface area contributed by atoms with E-state index >= 15 is 0 Å². The minimum atomic E-state index is -4.53. The molecule has 0 amide bonds. The Morgan fingerprint density at radius 3 is 2.48 bits per heavy atom. The van der Waals surface area contributed by atoms with Crippen molar-refractivity contribution < 1.29 is 27.2 Å². The highest BCUT2D eigenvalue weighted by Gasteiger charge is 2.30. The monoisotopic (exact) mass is 398 g/mol. The van der Waals surface area contributed by atoms with E-state index in [-0.39, 0.29) is 22.9 Å². The highest BCUT2D eigenvalue weighted by molar-refractivity contribution is 5.98. The van der Waals surface area contributed by atoms with Crippen molar-refractivity contribution in [1.82, 2.24) is 0 Å². The maximum Gasteiger partial charge on any atom is 0.416 e. The van der Waals surface area contributed by atoms with Gasteiger partial charge in [0, 0.05) is 11.1 Å². The second-order valence-corrected chi connectivity index (χ2v) is 5.71. The van der Waals surface area contributed by atoms with Crippen molar-refractivity contribution in [2.45, 2.75) is 6.18 Å². The topological polar surface area (TPSA) is 77.8 Å². The van der Waals surface area contributed by atoms with E-state index in [0.717, 1.165) is 17.7 Å². The summed E-state index contributed by atoms with van der Waals surface area (Å²) in [5.74, 6) is 4.32. The van der Waals surface area contributed by atoms with Crippen LogP contribution in [0.4, 0.5) is 13.2 Å². The van der Waals surface area contributed by atoms with Crippen LogP contribution in [0.3, 0.4) is 0 Å². The third kappa shape index (κ3) is 5.26. The maximum absolute atomic E-state index is 12.8. The van der Waals surface area contributed by atoms with Gasteiger partial charge in [0.15, 0.2) is 11.6 Å². The Balaban J connectivity index is 1.68. The number of benzene rings is 2. The molecule has 0 aliphatic carbocycles. The van der Waals surface area contributed by atoms with Gasteiger partial charge in [0.25, 0.3) is 0 Å². The molecule has 3 aromatic rings. The summed E-state index contributed by atoms with van der Waals surface area (Å²) in [5.41, 5.74) is 5.44. The van der Waals surface area contributed by atoms with Gasteiger partial charge in [0.1, 0.15) is 0 Å². The highest BCUT2D eigenvalue weighted by atomic mass is 19.4. The fourth-order valence-corrected chi connectivity index (χ4v) is 2.21. The van der Waals surface area contributed by atoms with Crippen LogP contribution in [0.15, 0.2) is 76.3 Å². The number of hydrogen-bond donors (Lipinski definition) is 1. The summed E-state index contributed by atoms with van der Waals surface area (Å²) in [6, 6.07) is 16.2. The Morgan fingerprint density at radius 2 is 1.76 bits per heavy atom. The number of amidine groups is 1. The van der Waals surface area contributed by atoms with Gasteiger partial charge in [-0.2, -0.15) is 13.2 Å². The number of rotatable bonds is 3. The van der Waals surface area contributed by atoms with E-state index in [1.165, 1.54) is 24.3 Å². The second-order valence-electron chi connectivity index (χ2n) is 5.71. The lowest BCUT2D eigenvalue weighted by Gasteiger charge is -2.07. The first-order chi connectivity index (χ1) is 13.8. The van der Waals surface area contributed by atoms with Gasteiger partial charge in [0.2, 0.25) is 5.76 Å². The Morgan fingerprint density at radius 1 is 1.00 bits per heavy atom. The Bertz CT molecular complexity index is 1110. The molecule has 0 unspecified atom stereocenters. The van der Waals surface area contributed by atoms with Crippen molar-refractivity contribution in [1.29, 1.82) is 0 Å². The molecule has 0 spiro atoms. The SMILES string of the molecule is N/C(=N\OC(=O)c1ccc(C#Cc2ccccc2)o1)c1cccc(C(F)(F)F)c1. The van der Waals surface area contributed by atoms with Crippen molar-refractivity contribution in [2.24, 2.45) is 10.9 Å². The van der Waals surface area contributed by atoms with E-state index in [9.17, 15) is 18.0 Å². The number of carbonyl (C=O) groups is 1. The molecule has 0 fully saturated rings. The van der Waals surface area contributed by atoms with Crippen LogP contribution >= 0.6 is 0 Å². The van der Waals surface area contributed by atoms with Gasteiger partial charge in [-0.15, -0.1) is 0 Å². The molecule has 1 aromatic heterocycles. The Labute approximate surface area is 163 Å². The molecule has 0 atom stereocenters. The molecule has 0 radical (unpaired) electrons. The van der Waals surface area contributed by atoms with Crippen LogP contribution in [0.5, 0.6) is 0 Å². The predicted octanol–water partition coefficient (Wildman–Crippen LogP) is 4.18. The molecule has 5 nitrogen and oxygen atoms in total. The number of carbonyl (C=O) groups excluding carboxylic acids is 1. The van der Waals surface area contributed by atoms with Crippen molar-refractivity contribution in [3.8, 4) is 11.8 Å². The minimum Gasteiger partial charge on any atom is -0.441 e. The van der Waals surface area contributed by atoms with Gasteiger partial charge >= 0.3 is 12.1 Å². The number of furan rings is 1. The molecule has 8 heteroatoms. The second kappa shape index (κ2) is 8.35. The highest BCUT2D eigenvalue weighted by Crippen LogP contribution is 2.29. The predicted molar refractivity (Wildman–Crippen MR) is 98.7 cm³/mol. The van der Waals surface area contributed by atoms with Crippen LogP contribution in [0.25, 0.3) is 0 Å². The van der Waals surface area contributed by atoms with Crippen molar-refractivity contribution in [3.05, 3.63) is 94.9 Å². The van der Waals surface area contributed by atoms with Crippen LogP contribution in [-0.2, 0) is 11.0 Å². The van der Waals surface area contributed by atoms with Gasteiger partial charge in [-0.3, -0.25) is 0 Å². The summed E-state index contributed by atoms with van der Waals surface area (Å²) in [5, 5.41) is 3.38. The molecule has 0 aliphatic heterocycles. The molecule has 29 heavy (non-hydrogen) atoms. The molecule has 3 rings (SSSR count). The number of nitrogens with two attached hydrogens (primary N) is 1. The number of oxime groups is 1. The number of hydrogen-bond acceptors (Lipinski definition) is 4. The molecule has 2 aromatic carbocycles. The molecule has 0 bridgehead atoms. The molecule has 0 saturated carbocycles. The summed E-state index contributed by atoms with van der Waals surface area (Å²) in [6.45, 7) is 0. The van der Waals surface area contributed by atoms with E-state index in [1.807, 2.05) is 30.3 Å². The van der Waals surface area contributed by atoms with E-state index in [0.29, 0.717) is 0 Å². The summed E-state index contributed by atoms with van der Waals surface area (Å²) in [4.78, 5) is 16.6. The van der Waals surface area contributed by atoms with Gasteiger partial charge in [-0.1, -0.05) is 41.4 Å². The first kappa shape index (κ1) is 19.8. The van der Waals surface area contributed by atoms with Crippen molar-refractivity contribution in [2.75, 3.05) is 0 Å². The third-order valence-electron chi connectivity index (χ3n) is 3.62. The van der Waals surface area contributed by atoms with Gasteiger partial charge in [0.05, 0.1) is 5.56 Å². The van der Waals surface area contributed by atoms with E-state index < -0.39 is 17.7 Å². The molecule has 0 saturated heterocycles. The summed E-state index contributed by atoms with van der Waals surface area (Å²) in [6.07, 6.45) is -4.53. The lowest BCUT2D eigenvalue weighted by Crippen LogP contribution is -2.16. The van der Waals surface area contributed by atoms with E-state index in [2.05, 4.69) is 21.8 Å². The zero-order chi connectivity index (χ0) is 20.9. The summed E-state index contributed by atoms with van der Waals surface area (Å²) >= 11 is 0. The molecular formula is C21H13F3N2O3.